The maximum atomic E-state index is 12.4. The number of piperidine rings is 1. The molecule has 0 amide bonds. The van der Waals surface area contributed by atoms with Crippen molar-refractivity contribution in [3.63, 3.8) is 0 Å². The average molecular weight is 398 g/mol. The molecule has 1 aliphatic rings. The highest BCUT2D eigenvalue weighted by Gasteiger charge is 2.22. The zero-order valence-electron chi connectivity index (χ0n) is 16.6. The number of fused-ring (bicyclic) bond motifs is 1. The van der Waals surface area contributed by atoms with Gasteiger partial charge in [-0.2, -0.15) is 10.2 Å². The first kappa shape index (κ1) is 18.4. The Hall–Kier alpha value is -3.61. The van der Waals surface area contributed by atoms with Gasteiger partial charge in [0.15, 0.2) is 5.82 Å². The van der Waals surface area contributed by atoms with E-state index < -0.39 is 0 Å². The van der Waals surface area contributed by atoms with Gasteiger partial charge in [-0.05, 0) is 37.0 Å². The van der Waals surface area contributed by atoms with E-state index in [0.717, 1.165) is 53.8 Å². The Kier molecular flexibility index (Phi) is 4.93. The van der Waals surface area contributed by atoms with Crippen molar-refractivity contribution in [1.29, 1.82) is 0 Å². The third-order valence-electron chi connectivity index (χ3n) is 5.74. The molecule has 0 saturated carbocycles. The lowest BCUT2D eigenvalue weighted by atomic mass is 9.96. The van der Waals surface area contributed by atoms with Crippen molar-refractivity contribution in [2.24, 2.45) is 5.92 Å². The Bertz CT molecular complexity index is 1210. The van der Waals surface area contributed by atoms with Crippen LogP contribution in [0.25, 0.3) is 22.0 Å². The number of pyridine rings is 1. The molecule has 0 atom stereocenters. The maximum absolute atomic E-state index is 12.4. The van der Waals surface area contributed by atoms with Crippen LogP contribution in [-0.4, -0.2) is 38.1 Å². The van der Waals surface area contributed by atoms with Gasteiger partial charge in [0.2, 0.25) is 0 Å². The number of benzene rings is 1. The predicted octanol–water partition coefficient (Wildman–Crippen LogP) is 3.17. The third-order valence-corrected chi connectivity index (χ3v) is 5.74. The molecular formula is C23H22N6O. The monoisotopic (exact) mass is 398 g/mol. The average Bonchev–Trinajstić information content (AvgIpc) is 2.81. The normalized spacial score (nSPS) is 14.9. The van der Waals surface area contributed by atoms with Gasteiger partial charge in [-0.15, -0.1) is 5.10 Å². The van der Waals surface area contributed by atoms with Crippen molar-refractivity contribution in [1.82, 2.24) is 25.0 Å². The van der Waals surface area contributed by atoms with Gasteiger partial charge in [-0.3, -0.25) is 9.78 Å². The standard InChI is InChI=1S/C23H22N6O/c30-22-6-5-21(18-7-11-24-12-8-18)27-29(22)16-17-9-13-28(14-10-17)23-20-4-2-1-3-19(20)15-25-26-23/h1-8,11-12,15,17H,9-10,13-14,16H2. The minimum atomic E-state index is -0.0600. The first-order valence-corrected chi connectivity index (χ1v) is 10.2. The summed E-state index contributed by atoms with van der Waals surface area (Å²) < 4.78 is 1.60. The second-order valence-electron chi connectivity index (χ2n) is 7.66. The molecule has 0 aliphatic carbocycles. The lowest BCUT2D eigenvalue weighted by Crippen LogP contribution is -2.37. The molecule has 1 aliphatic heterocycles. The first-order valence-electron chi connectivity index (χ1n) is 10.2. The summed E-state index contributed by atoms with van der Waals surface area (Å²) in [5, 5.41) is 15.4. The molecule has 30 heavy (non-hydrogen) atoms. The summed E-state index contributed by atoms with van der Waals surface area (Å²) in [5.74, 6) is 1.35. The smallest absolute Gasteiger partial charge is 0.266 e. The summed E-state index contributed by atoms with van der Waals surface area (Å²) in [7, 11) is 0. The van der Waals surface area contributed by atoms with Crippen LogP contribution in [0.15, 0.2) is 71.9 Å². The van der Waals surface area contributed by atoms with Crippen molar-refractivity contribution >= 4 is 16.6 Å². The Morgan fingerprint density at radius 2 is 1.77 bits per heavy atom. The van der Waals surface area contributed by atoms with Crippen LogP contribution in [0.3, 0.4) is 0 Å². The minimum absolute atomic E-state index is 0.0600. The van der Waals surface area contributed by atoms with Crippen LogP contribution >= 0.6 is 0 Å². The fourth-order valence-corrected chi connectivity index (χ4v) is 4.07. The fraction of sp³-hybridized carbons (Fsp3) is 0.261. The lowest BCUT2D eigenvalue weighted by molar-refractivity contribution is 0.335. The van der Waals surface area contributed by atoms with Crippen LogP contribution in [0, 0.1) is 5.92 Å². The van der Waals surface area contributed by atoms with Crippen LogP contribution in [0.1, 0.15) is 12.8 Å². The Morgan fingerprint density at radius 3 is 2.60 bits per heavy atom. The van der Waals surface area contributed by atoms with E-state index in [1.54, 1.807) is 35.4 Å². The van der Waals surface area contributed by atoms with Gasteiger partial charge in [0, 0.05) is 54.4 Å². The summed E-state index contributed by atoms with van der Waals surface area (Å²) >= 11 is 0. The van der Waals surface area contributed by atoms with E-state index in [1.807, 2.05) is 24.3 Å². The van der Waals surface area contributed by atoms with Gasteiger partial charge in [0.25, 0.3) is 5.56 Å². The third kappa shape index (κ3) is 3.66. The minimum Gasteiger partial charge on any atom is -0.355 e. The van der Waals surface area contributed by atoms with Gasteiger partial charge < -0.3 is 4.90 Å². The Labute approximate surface area is 174 Å². The molecule has 150 valence electrons. The van der Waals surface area contributed by atoms with E-state index in [-0.39, 0.29) is 5.56 Å². The topological polar surface area (TPSA) is 76.8 Å². The molecule has 7 heteroatoms. The summed E-state index contributed by atoms with van der Waals surface area (Å²) in [6, 6.07) is 15.4. The molecule has 3 aromatic heterocycles. The second kappa shape index (κ2) is 8.02. The summed E-state index contributed by atoms with van der Waals surface area (Å²) in [5.41, 5.74) is 1.69. The van der Waals surface area contributed by atoms with Crippen molar-refractivity contribution in [2.45, 2.75) is 19.4 Å². The molecule has 0 bridgehead atoms. The van der Waals surface area contributed by atoms with E-state index in [2.05, 4.69) is 37.3 Å². The van der Waals surface area contributed by atoms with E-state index in [1.165, 1.54) is 0 Å². The highest BCUT2D eigenvalue weighted by molar-refractivity contribution is 5.91. The van der Waals surface area contributed by atoms with Crippen LogP contribution in [0.5, 0.6) is 0 Å². The molecule has 4 aromatic rings. The number of hydrogen-bond acceptors (Lipinski definition) is 6. The summed E-state index contributed by atoms with van der Waals surface area (Å²) in [6.45, 7) is 2.42. The van der Waals surface area contributed by atoms with Gasteiger partial charge in [-0.1, -0.05) is 24.3 Å². The zero-order valence-corrected chi connectivity index (χ0v) is 16.6. The van der Waals surface area contributed by atoms with Crippen LogP contribution < -0.4 is 10.5 Å². The highest BCUT2D eigenvalue weighted by Crippen LogP contribution is 2.28. The molecule has 1 fully saturated rings. The highest BCUT2D eigenvalue weighted by atomic mass is 16.1. The molecule has 1 saturated heterocycles. The number of hydrogen-bond donors (Lipinski definition) is 0. The SMILES string of the molecule is O=c1ccc(-c2ccncc2)nn1CC1CCN(c2nncc3ccccc23)CC1. The van der Waals surface area contributed by atoms with Crippen molar-refractivity contribution in [3.05, 3.63) is 77.5 Å². The Morgan fingerprint density at radius 1 is 0.967 bits per heavy atom. The number of aromatic nitrogens is 5. The van der Waals surface area contributed by atoms with E-state index >= 15 is 0 Å². The molecule has 0 spiro atoms. The fourth-order valence-electron chi connectivity index (χ4n) is 4.07. The maximum Gasteiger partial charge on any atom is 0.266 e. The van der Waals surface area contributed by atoms with Crippen molar-refractivity contribution in [2.75, 3.05) is 18.0 Å². The molecule has 5 rings (SSSR count). The van der Waals surface area contributed by atoms with Gasteiger partial charge in [-0.25, -0.2) is 4.68 Å². The molecule has 0 N–H and O–H groups in total. The zero-order chi connectivity index (χ0) is 20.3. The van der Waals surface area contributed by atoms with E-state index in [4.69, 9.17) is 0 Å². The van der Waals surface area contributed by atoms with Crippen LogP contribution in [0.2, 0.25) is 0 Å². The summed E-state index contributed by atoms with van der Waals surface area (Å²) in [6.07, 6.45) is 7.24. The van der Waals surface area contributed by atoms with Gasteiger partial charge in [0.05, 0.1) is 11.9 Å². The predicted molar refractivity (Wildman–Crippen MR) is 116 cm³/mol. The number of rotatable bonds is 4. The quantitative estimate of drug-likeness (QED) is 0.526. The molecule has 0 radical (unpaired) electrons. The number of nitrogens with zero attached hydrogens (tertiary/aromatic N) is 6. The lowest BCUT2D eigenvalue weighted by Gasteiger charge is -2.33. The van der Waals surface area contributed by atoms with Gasteiger partial charge >= 0.3 is 0 Å². The molecular weight excluding hydrogens is 376 g/mol. The van der Waals surface area contributed by atoms with Crippen molar-refractivity contribution < 1.29 is 0 Å². The number of anilines is 1. The molecule has 1 aromatic carbocycles. The molecule has 4 heterocycles. The largest absolute Gasteiger partial charge is 0.355 e. The molecule has 0 unspecified atom stereocenters. The van der Waals surface area contributed by atoms with Crippen LogP contribution in [0.4, 0.5) is 5.82 Å². The second-order valence-corrected chi connectivity index (χ2v) is 7.66. The van der Waals surface area contributed by atoms with E-state index in [9.17, 15) is 4.79 Å². The summed E-state index contributed by atoms with van der Waals surface area (Å²) in [4.78, 5) is 18.7. The first-order chi connectivity index (χ1) is 14.8. The van der Waals surface area contributed by atoms with E-state index in [0.29, 0.717) is 12.5 Å². The van der Waals surface area contributed by atoms with Crippen molar-refractivity contribution in [3.8, 4) is 11.3 Å². The van der Waals surface area contributed by atoms with Gasteiger partial charge in [0.1, 0.15) is 0 Å². The Balaban J connectivity index is 1.30. The molecule has 7 nitrogen and oxygen atoms in total. The van der Waals surface area contributed by atoms with Crippen LogP contribution in [-0.2, 0) is 6.54 Å².